The Morgan fingerprint density at radius 3 is 2.65 bits per heavy atom. The van der Waals surface area contributed by atoms with Crippen molar-refractivity contribution in [3.05, 3.63) is 65.2 Å². The number of amides is 2. The summed E-state index contributed by atoms with van der Waals surface area (Å²) in [5, 5.41) is 5.59. The molecule has 0 aliphatic carbocycles. The number of ether oxygens (including phenoxy) is 1. The minimum absolute atomic E-state index is 0.191. The monoisotopic (exact) mass is 350 g/mol. The Hall–Kier alpha value is -3.15. The number of rotatable bonds is 2. The lowest BCUT2D eigenvalue weighted by molar-refractivity contribution is -0.164. The molecule has 6 nitrogen and oxygen atoms in total. The first-order valence-electron chi connectivity index (χ1n) is 8.51. The highest BCUT2D eigenvalue weighted by Gasteiger charge is 2.46. The predicted octanol–water partition coefficient (Wildman–Crippen LogP) is 2.35. The summed E-state index contributed by atoms with van der Waals surface area (Å²) in [6, 6.07) is 13.4. The molecule has 2 amide bonds. The van der Waals surface area contributed by atoms with Crippen molar-refractivity contribution < 1.29 is 19.1 Å². The van der Waals surface area contributed by atoms with Gasteiger partial charge in [0.05, 0.1) is 11.6 Å². The van der Waals surface area contributed by atoms with E-state index in [1.165, 1.54) is 0 Å². The fourth-order valence-electron chi connectivity index (χ4n) is 3.55. The topological polar surface area (TPSA) is 84.5 Å². The van der Waals surface area contributed by atoms with Crippen molar-refractivity contribution in [2.24, 2.45) is 5.92 Å². The summed E-state index contributed by atoms with van der Waals surface area (Å²) in [5.41, 5.74) is 2.88. The third kappa shape index (κ3) is 2.73. The molecular weight excluding hydrogens is 332 g/mol. The number of hydrogen-bond acceptors (Lipinski definition) is 4. The molecule has 2 heterocycles. The summed E-state index contributed by atoms with van der Waals surface area (Å²) in [6.45, 7) is 1.90. The van der Waals surface area contributed by atoms with E-state index in [0.29, 0.717) is 11.3 Å². The first kappa shape index (κ1) is 16.3. The summed E-state index contributed by atoms with van der Waals surface area (Å²) >= 11 is 0. The van der Waals surface area contributed by atoms with E-state index in [1.807, 2.05) is 31.2 Å². The highest BCUT2D eigenvalue weighted by molar-refractivity contribution is 6.00. The lowest BCUT2D eigenvalue weighted by Gasteiger charge is -2.39. The smallest absolute Gasteiger partial charge is 0.329 e. The maximum Gasteiger partial charge on any atom is 0.329 e. The van der Waals surface area contributed by atoms with Crippen molar-refractivity contribution >= 4 is 23.5 Å². The van der Waals surface area contributed by atoms with E-state index in [4.69, 9.17) is 4.74 Å². The normalized spacial score (nSPS) is 24.0. The second-order valence-corrected chi connectivity index (χ2v) is 6.62. The molecule has 0 aromatic heterocycles. The van der Waals surface area contributed by atoms with E-state index in [9.17, 15) is 14.4 Å². The molecule has 2 aromatic rings. The standard InChI is InChI=1S/C20H18N2O4/c1-11-6-5-9-13-16(11)22-19(24)14-10-15(20(25)26-17(13)14)21-18(23)12-7-3-2-4-8-12/h2-9,14-15,17H,10H2,1H3,(H,21,23)(H,22,24). The van der Waals surface area contributed by atoms with Crippen LogP contribution in [0.4, 0.5) is 5.69 Å². The van der Waals surface area contributed by atoms with Crippen molar-refractivity contribution in [1.82, 2.24) is 5.32 Å². The Bertz CT molecular complexity index is 894. The maximum atomic E-state index is 12.5. The zero-order valence-corrected chi connectivity index (χ0v) is 14.2. The number of esters is 1. The van der Waals surface area contributed by atoms with E-state index in [2.05, 4.69) is 10.6 Å². The van der Waals surface area contributed by atoms with Gasteiger partial charge in [0, 0.05) is 11.1 Å². The van der Waals surface area contributed by atoms with Crippen LogP contribution in [0.5, 0.6) is 0 Å². The molecule has 132 valence electrons. The first-order chi connectivity index (χ1) is 12.5. The average molecular weight is 350 g/mol. The molecule has 4 rings (SSSR count). The van der Waals surface area contributed by atoms with Gasteiger partial charge in [0.25, 0.3) is 5.91 Å². The number of para-hydroxylation sites is 1. The molecule has 2 N–H and O–H groups in total. The molecular formula is C20H18N2O4. The summed E-state index contributed by atoms with van der Waals surface area (Å²) in [4.78, 5) is 37.3. The Kier molecular flexibility index (Phi) is 3.95. The van der Waals surface area contributed by atoms with Crippen LogP contribution in [0.2, 0.25) is 0 Å². The Morgan fingerprint density at radius 2 is 1.88 bits per heavy atom. The van der Waals surface area contributed by atoms with Gasteiger partial charge in [-0.2, -0.15) is 0 Å². The van der Waals surface area contributed by atoms with Gasteiger partial charge in [0.15, 0.2) is 0 Å². The molecule has 2 aromatic carbocycles. The minimum atomic E-state index is -0.846. The first-order valence-corrected chi connectivity index (χ1v) is 8.51. The van der Waals surface area contributed by atoms with Crippen LogP contribution in [0.25, 0.3) is 0 Å². The van der Waals surface area contributed by atoms with E-state index in [1.54, 1.807) is 24.3 Å². The lowest BCUT2D eigenvalue weighted by Crippen LogP contribution is -2.51. The number of aryl methyl sites for hydroxylation is 1. The predicted molar refractivity (Wildman–Crippen MR) is 94.4 cm³/mol. The number of hydrogen-bond donors (Lipinski definition) is 2. The Balaban J connectivity index is 1.57. The number of benzene rings is 2. The highest BCUT2D eigenvalue weighted by atomic mass is 16.5. The minimum Gasteiger partial charge on any atom is -0.455 e. The molecule has 1 fully saturated rings. The van der Waals surface area contributed by atoms with Gasteiger partial charge in [-0.25, -0.2) is 4.79 Å². The van der Waals surface area contributed by atoms with Crippen molar-refractivity contribution in [3.63, 3.8) is 0 Å². The third-order valence-corrected chi connectivity index (χ3v) is 4.92. The summed E-state index contributed by atoms with van der Waals surface area (Å²) in [5.74, 6) is -1.59. The molecule has 3 unspecified atom stereocenters. The van der Waals surface area contributed by atoms with E-state index >= 15 is 0 Å². The van der Waals surface area contributed by atoms with Crippen molar-refractivity contribution in [2.45, 2.75) is 25.5 Å². The van der Waals surface area contributed by atoms with Crippen molar-refractivity contribution in [3.8, 4) is 0 Å². The fraction of sp³-hybridized carbons (Fsp3) is 0.250. The average Bonchev–Trinajstić information content (AvgIpc) is 2.64. The molecule has 0 radical (unpaired) electrons. The molecule has 2 aliphatic heterocycles. The van der Waals surface area contributed by atoms with Crippen LogP contribution in [0.1, 0.15) is 34.0 Å². The maximum absolute atomic E-state index is 12.5. The van der Waals surface area contributed by atoms with Crippen LogP contribution in [0.15, 0.2) is 48.5 Å². The van der Waals surface area contributed by atoms with Gasteiger partial charge in [-0.15, -0.1) is 0 Å². The molecule has 1 saturated heterocycles. The number of nitrogens with one attached hydrogen (secondary N) is 2. The molecule has 0 saturated carbocycles. The van der Waals surface area contributed by atoms with Crippen molar-refractivity contribution in [1.29, 1.82) is 0 Å². The van der Waals surface area contributed by atoms with Gasteiger partial charge >= 0.3 is 5.97 Å². The summed E-state index contributed by atoms with van der Waals surface area (Å²) in [7, 11) is 0. The van der Waals surface area contributed by atoms with Crippen molar-refractivity contribution in [2.75, 3.05) is 5.32 Å². The van der Waals surface area contributed by atoms with Crippen LogP contribution in [0.3, 0.4) is 0 Å². The quantitative estimate of drug-likeness (QED) is 0.815. The molecule has 26 heavy (non-hydrogen) atoms. The zero-order valence-electron chi connectivity index (χ0n) is 14.2. The SMILES string of the molecule is Cc1cccc2c1NC(=O)C1CC(NC(=O)c3ccccc3)C(=O)OC21. The highest BCUT2D eigenvalue weighted by Crippen LogP contribution is 2.43. The molecule has 6 heteroatoms. The van der Waals surface area contributed by atoms with E-state index in [0.717, 1.165) is 11.1 Å². The Labute approximate surface area is 150 Å². The van der Waals surface area contributed by atoms with Gasteiger partial charge in [0.2, 0.25) is 5.91 Å². The summed E-state index contributed by atoms with van der Waals surface area (Å²) in [6.07, 6.45) is -0.405. The van der Waals surface area contributed by atoms with Gasteiger partial charge in [-0.3, -0.25) is 9.59 Å². The number of carbonyl (C=O) groups excluding carboxylic acids is 3. The van der Waals surface area contributed by atoms with E-state index < -0.39 is 24.0 Å². The van der Waals surface area contributed by atoms with Gasteiger partial charge < -0.3 is 15.4 Å². The largest absolute Gasteiger partial charge is 0.455 e. The summed E-state index contributed by atoms with van der Waals surface area (Å²) < 4.78 is 5.58. The molecule has 0 bridgehead atoms. The molecule has 0 spiro atoms. The molecule has 2 aliphatic rings. The third-order valence-electron chi connectivity index (χ3n) is 4.92. The van der Waals surface area contributed by atoms with E-state index in [-0.39, 0.29) is 18.2 Å². The van der Waals surface area contributed by atoms with Crippen LogP contribution < -0.4 is 10.6 Å². The fourth-order valence-corrected chi connectivity index (χ4v) is 3.55. The van der Waals surface area contributed by atoms with Crippen LogP contribution in [-0.2, 0) is 14.3 Å². The van der Waals surface area contributed by atoms with Gasteiger partial charge in [0.1, 0.15) is 12.1 Å². The molecule has 3 atom stereocenters. The lowest BCUT2D eigenvalue weighted by atomic mass is 9.82. The second kappa shape index (κ2) is 6.29. The van der Waals surface area contributed by atoms with Gasteiger partial charge in [-0.1, -0.05) is 36.4 Å². The zero-order chi connectivity index (χ0) is 18.3. The van der Waals surface area contributed by atoms with Crippen LogP contribution in [-0.4, -0.2) is 23.8 Å². The Morgan fingerprint density at radius 1 is 1.12 bits per heavy atom. The number of fused-ring (bicyclic) bond motifs is 3. The number of anilines is 1. The number of carbonyl (C=O) groups is 3. The van der Waals surface area contributed by atoms with Gasteiger partial charge in [-0.05, 0) is 31.0 Å². The van der Waals surface area contributed by atoms with Crippen LogP contribution >= 0.6 is 0 Å². The van der Waals surface area contributed by atoms with Crippen LogP contribution in [0, 0.1) is 12.8 Å². The second-order valence-electron chi connectivity index (χ2n) is 6.62.